The quantitative estimate of drug-likeness (QED) is 0.508. The molecule has 0 spiro atoms. The molecule has 2 aromatic carbocycles. The number of carbonyl (C=O) groups excluding carboxylic acids is 1. The van der Waals surface area contributed by atoms with Gasteiger partial charge in [0.05, 0.1) is 19.7 Å². The van der Waals surface area contributed by atoms with E-state index in [1.165, 1.54) is 7.11 Å². The Morgan fingerprint density at radius 1 is 1.11 bits per heavy atom. The molecular formula is C26H31N3O6. The molecule has 1 aliphatic heterocycles. The Morgan fingerprint density at radius 3 is 2.49 bits per heavy atom. The second kappa shape index (κ2) is 10.8. The van der Waals surface area contributed by atoms with Gasteiger partial charge >= 0.3 is 0 Å². The molecule has 1 saturated heterocycles. The molecule has 1 aromatic heterocycles. The zero-order chi connectivity index (χ0) is 24.9. The second-order valence-electron chi connectivity index (χ2n) is 8.73. The molecule has 1 amide bonds. The van der Waals surface area contributed by atoms with E-state index in [1.54, 1.807) is 19.2 Å². The van der Waals surface area contributed by atoms with Crippen molar-refractivity contribution in [1.29, 1.82) is 0 Å². The van der Waals surface area contributed by atoms with Gasteiger partial charge < -0.3 is 29.2 Å². The lowest BCUT2D eigenvalue weighted by atomic mass is 10.0. The lowest BCUT2D eigenvalue weighted by molar-refractivity contribution is -0.123. The lowest BCUT2D eigenvalue weighted by Crippen LogP contribution is -2.35. The number of hydrogen-bond donors (Lipinski definition) is 2. The van der Waals surface area contributed by atoms with Crippen LogP contribution in [0.2, 0.25) is 0 Å². The highest BCUT2D eigenvalue weighted by molar-refractivity contribution is 5.87. The topological polar surface area (TPSA) is 112 Å². The van der Waals surface area contributed by atoms with Gasteiger partial charge in [-0.1, -0.05) is 0 Å². The van der Waals surface area contributed by atoms with Crippen molar-refractivity contribution in [3.05, 3.63) is 45.7 Å². The van der Waals surface area contributed by atoms with Crippen LogP contribution in [0.1, 0.15) is 24.0 Å². The standard InChI is InChI=1S/C26H31N3O6/c1-15-9-18(25-28-20-11-19(32-3)12-21(33-4)23(20)26(31)29-25)10-16(2)24(15)35-14-22(30)27-13-17-5-7-34-8-6-17/h9-12,17H,5-8,13-14H2,1-4H3,(H,27,30)(H,28,29,31). The van der Waals surface area contributed by atoms with Gasteiger partial charge in [-0.05, 0) is 55.9 Å². The molecule has 2 N–H and O–H groups in total. The van der Waals surface area contributed by atoms with Crippen LogP contribution in [-0.4, -0.2) is 56.5 Å². The maximum absolute atomic E-state index is 12.8. The molecule has 2 heterocycles. The highest BCUT2D eigenvalue weighted by Gasteiger charge is 2.17. The summed E-state index contributed by atoms with van der Waals surface area (Å²) in [4.78, 5) is 32.6. The summed E-state index contributed by atoms with van der Waals surface area (Å²) in [6, 6.07) is 7.11. The van der Waals surface area contributed by atoms with Crippen LogP contribution in [0, 0.1) is 19.8 Å². The Hall–Kier alpha value is -3.59. The van der Waals surface area contributed by atoms with Crippen LogP contribution < -0.4 is 25.1 Å². The van der Waals surface area contributed by atoms with Crippen molar-refractivity contribution in [2.24, 2.45) is 5.92 Å². The fourth-order valence-electron chi connectivity index (χ4n) is 4.34. The van der Waals surface area contributed by atoms with Gasteiger partial charge in [0.15, 0.2) is 6.61 Å². The molecule has 186 valence electrons. The number of H-pyrrole nitrogens is 1. The van der Waals surface area contributed by atoms with Crippen molar-refractivity contribution in [3.8, 4) is 28.6 Å². The van der Waals surface area contributed by atoms with Gasteiger partial charge in [0, 0.05) is 37.5 Å². The third kappa shape index (κ3) is 5.57. The summed E-state index contributed by atoms with van der Waals surface area (Å²) in [5, 5.41) is 3.31. The van der Waals surface area contributed by atoms with Gasteiger partial charge in [0.1, 0.15) is 28.5 Å². The maximum atomic E-state index is 12.8. The largest absolute Gasteiger partial charge is 0.497 e. The molecule has 35 heavy (non-hydrogen) atoms. The van der Waals surface area contributed by atoms with E-state index >= 15 is 0 Å². The van der Waals surface area contributed by atoms with Crippen molar-refractivity contribution in [1.82, 2.24) is 15.3 Å². The number of benzene rings is 2. The van der Waals surface area contributed by atoms with Crippen molar-refractivity contribution in [2.45, 2.75) is 26.7 Å². The predicted octanol–water partition coefficient (Wildman–Crippen LogP) is 3.15. The number of hydrogen-bond acceptors (Lipinski definition) is 7. The van der Waals surface area contributed by atoms with Crippen molar-refractivity contribution < 1.29 is 23.7 Å². The first-order valence-corrected chi connectivity index (χ1v) is 11.6. The Balaban J connectivity index is 1.52. The van der Waals surface area contributed by atoms with Crippen molar-refractivity contribution in [2.75, 3.05) is 40.6 Å². The Labute approximate surface area is 203 Å². The molecule has 0 aliphatic carbocycles. The Bertz CT molecular complexity index is 1260. The van der Waals surface area contributed by atoms with Crippen LogP contribution >= 0.6 is 0 Å². The monoisotopic (exact) mass is 481 g/mol. The molecule has 1 fully saturated rings. The van der Waals surface area contributed by atoms with E-state index in [0.29, 0.717) is 46.4 Å². The molecule has 9 heteroatoms. The van der Waals surface area contributed by atoms with Gasteiger partial charge in [0.2, 0.25) is 0 Å². The number of methoxy groups -OCH3 is 2. The molecule has 0 saturated carbocycles. The third-order valence-electron chi connectivity index (χ3n) is 6.21. The van der Waals surface area contributed by atoms with Crippen LogP contribution in [-0.2, 0) is 9.53 Å². The van der Waals surface area contributed by atoms with E-state index < -0.39 is 0 Å². The van der Waals surface area contributed by atoms with Gasteiger partial charge in [-0.25, -0.2) is 4.98 Å². The molecule has 1 aliphatic rings. The summed E-state index contributed by atoms with van der Waals surface area (Å²) in [5.41, 5.74) is 2.57. The molecule has 0 unspecified atom stereocenters. The molecule has 0 atom stereocenters. The Kier molecular flexibility index (Phi) is 7.55. The third-order valence-corrected chi connectivity index (χ3v) is 6.21. The van der Waals surface area contributed by atoms with E-state index in [9.17, 15) is 9.59 Å². The SMILES string of the molecule is COc1cc(OC)c2c(=O)[nH]c(-c3cc(C)c(OCC(=O)NCC4CCOCC4)c(C)c3)nc2c1. The fourth-order valence-corrected chi connectivity index (χ4v) is 4.34. The molecular weight excluding hydrogens is 450 g/mol. The van der Waals surface area contributed by atoms with E-state index in [2.05, 4.69) is 15.3 Å². The van der Waals surface area contributed by atoms with Crippen molar-refractivity contribution >= 4 is 16.8 Å². The van der Waals surface area contributed by atoms with E-state index in [0.717, 1.165) is 42.7 Å². The molecule has 3 aromatic rings. The van der Waals surface area contributed by atoms with Gasteiger partial charge in [-0.2, -0.15) is 0 Å². The first kappa shape index (κ1) is 24.5. The zero-order valence-electron chi connectivity index (χ0n) is 20.5. The lowest BCUT2D eigenvalue weighted by Gasteiger charge is -2.22. The number of aromatic amines is 1. The average molecular weight is 482 g/mol. The summed E-state index contributed by atoms with van der Waals surface area (Å²) in [6.07, 6.45) is 1.93. The minimum absolute atomic E-state index is 0.0606. The molecule has 0 radical (unpaired) electrons. The number of aromatic nitrogens is 2. The first-order valence-electron chi connectivity index (χ1n) is 11.6. The predicted molar refractivity (Wildman–Crippen MR) is 132 cm³/mol. The number of nitrogens with zero attached hydrogens (tertiary/aromatic N) is 1. The summed E-state index contributed by atoms with van der Waals surface area (Å²) in [7, 11) is 3.05. The highest BCUT2D eigenvalue weighted by atomic mass is 16.5. The molecule has 4 rings (SSSR count). The number of amides is 1. The Morgan fingerprint density at radius 2 is 1.83 bits per heavy atom. The smallest absolute Gasteiger partial charge is 0.262 e. The van der Waals surface area contributed by atoms with Gasteiger partial charge in [0.25, 0.3) is 11.5 Å². The van der Waals surface area contributed by atoms with Gasteiger partial charge in [-0.3, -0.25) is 9.59 Å². The summed E-state index contributed by atoms with van der Waals surface area (Å²) in [6.45, 7) is 5.88. The van der Waals surface area contributed by atoms with Gasteiger partial charge in [-0.15, -0.1) is 0 Å². The van der Waals surface area contributed by atoms with Crippen molar-refractivity contribution in [3.63, 3.8) is 0 Å². The normalized spacial score (nSPS) is 14.1. The minimum atomic E-state index is -0.304. The number of fused-ring (bicyclic) bond motifs is 1. The summed E-state index contributed by atoms with van der Waals surface area (Å²) < 4.78 is 21.9. The number of nitrogens with one attached hydrogen (secondary N) is 2. The summed E-state index contributed by atoms with van der Waals surface area (Å²) >= 11 is 0. The minimum Gasteiger partial charge on any atom is -0.497 e. The zero-order valence-corrected chi connectivity index (χ0v) is 20.5. The highest BCUT2D eigenvalue weighted by Crippen LogP contribution is 2.31. The maximum Gasteiger partial charge on any atom is 0.262 e. The second-order valence-corrected chi connectivity index (χ2v) is 8.73. The van der Waals surface area contributed by atoms with Crippen LogP contribution in [0.5, 0.6) is 17.2 Å². The van der Waals surface area contributed by atoms with Crippen LogP contribution in [0.15, 0.2) is 29.1 Å². The fraction of sp³-hybridized carbons (Fsp3) is 0.423. The molecule has 9 nitrogen and oxygen atoms in total. The number of rotatable bonds is 8. The number of aryl methyl sites for hydroxylation is 2. The van der Waals surface area contributed by atoms with Crippen LogP contribution in [0.4, 0.5) is 0 Å². The average Bonchev–Trinajstić information content (AvgIpc) is 2.86. The number of carbonyl (C=O) groups is 1. The van der Waals surface area contributed by atoms with E-state index in [-0.39, 0.29) is 18.1 Å². The number of ether oxygens (including phenoxy) is 4. The van der Waals surface area contributed by atoms with Crippen LogP contribution in [0.25, 0.3) is 22.3 Å². The first-order chi connectivity index (χ1) is 16.9. The summed E-state index contributed by atoms with van der Waals surface area (Å²) in [5.74, 6) is 2.30. The van der Waals surface area contributed by atoms with E-state index in [1.807, 2.05) is 26.0 Å². The van der Waals surface area contributed by atoms with E-state index in [4.69, 9.17) is 18.9 Å². The molecule has 0 bridgehead atoms. The van der Waals surface area contributed by atoms with Crippen LogP contribution in [0.3, 0.4) is 0 Å².